The molecule has 0 aromatic heterocycles. The number of hydrogen-bond donors (Lipinski definition) is 0. The maximum atomic E-state index is 11.1. The van der Waals surface area contributed by atoms with Gasteiger partial charge in [-0.05, 0) is 24.5 Å². The minimum Gasteiger partial charge on any atom is -0.284 e. The Balaban J connectivity index is 2.03. The molecular weight excluding hydrogens is 240 g/mol. The van der Waals surface area contributed by atoms with Gasteiger partial charge in [-0.15, -0.1) is 5.11 Å². The van der Waals surface area contributed by atoms with Crippen molar-refractivity contribution >= 4 is 23.3 Å². The van der Waals surface area contributed by atoms with Crippen LogP contribution in [0, 0.1) is 0 Å². The predicted molar refractivity (Wildman–Crippen MR) is 62.7 cm³/mol. The van der Waals surface area contributed by atoms with Crippen molar-refractivity contribution in [2.75, 3.05) is 0 Å². The highest BCUT2D eigenvalue weighted by atomic mass is 35.5. The molecular formula is C12H9ClN2O2. The molecule has 4 nitrogen and oxygen atoms in total. The van der Waals surface area contributed by atoms with E-state index in [1.807, 2.05) is 24.3 Å². The van der Waals surface area contributed by atoms with Crippen LogP contribution in [0.5, 0.6) is 0 Å². The number of nitrogens with zero attached hydrogens (tertiary/aromatic N) is 2. The van der Waals surface area contributed by atoms with Crippen molar-refractivity contribution in [1.29, 1.82) is 0 Å². The standard InChI is InChI=1S/C12H9ClN2O2/c13-10-4-2-1-3-8(10)5-6-9-7-11(16)12(17)15-14-9/h1-4,7H,5-6H2. The van der Waals surface area contributed by atoms with Gasteiger partial charge < -0.3 is 0 Å². The predicted octanol–water partition coefficient (Wildman–Crippen LogP) is 2.72. The zero-order valence-electron chi connectivity index (χ0n) is 8.89. The van der Waals surface area contributed by atoms with Gasteiger partial charge in [0.2, 0.25) is 5.78 Å². The van der Waals surface area contributed by atoms with Crippen LogP contribution in [0.3, 0.4) is 0 Å². The summed E-state index contributed by atoms with van der Waals surface area (Å²) in [6, 6.07) is 7.47. The molecule has 0 aliphatic carbocycles. The first-order valence-electron chi connectivity index (χ1n) is 5.11. The zero-order valence-corrected chi connectivity index (χ0v) is 9.65. The number of aryl methyl sites for hydroxylation is 1. The van der Waals surface area contributed by atoms with Gasteiger partial charge in [-0.2, -0.15) is 5.11 Å². The first-order valence-corrected chi connectivity index (χ1v) is 5.48. The Hall–Kier alpha value is -1.81. The van der Waals surface area contributed by atoms with E-state index < -0.39 is 11.7 Å². The van der Waals surface area contributed by atoms with Crippen molar-refractivity contribution in [2.24, 2.45) is 10.2 Å². The molecule has 0 atom stereocenters. The highest BCUT2D eigenvalue weighted by Gasteiger charge is 2.16. The summed E-state index contributed by atoms with van der Waals surface area (Å²) in [5.41, 5.74) is 1.49. The third-order valence-corrected chi connectivity index (χ3v) is 2.75. The van der Waals surface area contributed by atoms with E-state index in [9.17, 15) is 9.59 Å². The summed E-state index contributed by atoms with van der Waals surface area (Å²) in [5, 5.41) is 7.62. The third kappa shape index (κ3) is 2.85. The lowest BCUT2D eigenvalue weighted by molar-refractivity contribution is -0.133. The fourth-order valence-corrected chi connectivity index (χ4v) is 1.72. The Morgan fingerprint density at radius 2 is 1.82 bits per heavy atom. The van der Waals surface area contributed by atoms with Crippen LogP contribution in [0.2, 0.25) is 5.02 Å². The zero-order chi connectivity index (χ0) is 12.3. The molecule has 1 aliphatic rings. The lowest BCUT2D eigenvalue weighted by atomic mass is 10.1. The topological polar surface area (TPSA) is 58.9 Å². The average molecular weight is 249 g/mol. The Labute approximate surface area is 103 Å². The van der Waals surface area contributed by atoms with Crippen LogP contribution in [0.4, 0.5) is 0 Å². The molecule has 0 unspecified atom stereocenters. The van der Waals surface area contributed by atoms with Crippen LogP contribution in [-0.4, -0.2) is 11.7 Å². The van der Waals surface area contributed by atoms with Crippen LogP contribution in [0.1, 0.15) is 12.0 Å². The second-order valence-corrected chi connectivity index (χ2v) is 4.00. The fourth-order valence-electron chi connectivity index (χ4n) is 1.49. The van der Waals surface area contributed by atoms with Gasteiger partial charge in [0.1, 0.15) is 0 Å². The number of carbonyl (C=O) groups is 2. The van der Waals surface area contributed by atoms with Gasteiger partial charge >= 0.3 is 5.91 Å². The summed E-state index contributed by atoms with van der Waals surface area (Å²) < 4.78 is 0. The molecule has 86 valence electrons. The lowest BCUT2D eigenvalue weighted by Gasteiger charge is -2.05. The number of allylic oxidation sites excluding steroid dienone is 1. The largest absolute Gasteiger partial charge is 0.335 e. The molecule has 5 heteroatoms. The van der Waals surface area contributed by atoms with Crippen molar-refractivity contribution in [3.8, 4) is 0 Å². The van der Waals surface area contributed by atoms with E-state index in [0.717, 1.165) is 5.56 Å². The van der Waals surface area contributed by atoms with Crippen molar-refractivity contribution in [3.63, 3.8) is 0 Å². The molecule has 1 heterocycles. The fraction of sp³-hybridized carbons (Fsp3) is 0.167. The van der Waals surface area contributed by atoms with Crippen molar-refractivity contribution in [2.45, 2.75) is 12.8 Å². The van der Waals surface area contributed by atoms with Gasteiger partial charge in [-0.1, -0.05) is 29.8 Å². The molecule has 17 heavy (non-hydrogen) atoms. The molecule has 0 fully saturated rings. The summed E-state index contributed by atoms with van der Waals surface area (Å²) >= 11 is 6.00. The van der Waals surface area contributed by atoms with Gasteiger partial charge in [0.25, 0.3) is 0 Å². The van der Waals surface area contributed by atoms with E-state index in [-0.39, 0.29) is 0 Å². The Morgan fingerprint density at radius 1 is 1.06 bits per heavy atom. The van der Waals surface area contributed by atoms with Crippen molar-refractivity contribution in [3.05, 3.63) is 46.6 Å². The maximum Gasteiger partial charge on any atom is 0.335 e. The minimum atomic E-state index is -0.813. The highest BCUT2D eigenvalue weighted by Crippen LogP contribution is 2.20. The maximum absolute atomic E-state index is 11.1. The Morgan fingerprint density at radius 3 is 2.53 bits per heavy atom. The monoisotopic (exact) mass is 248 g/mol. The van der Waals surface area contributed by atoms with Crippen LogP contribution in [0.25, 0.3) is 0 Å². The van der Waals surface area contributed by atoms with E-state index in [2.05, 4.69) is 10.2 Å². The summed E-state index contributed by atoms with van der Waals surface area (Å²) in [5.74, 6) is -1.43. The molecule has 1 aromatic rings. The molecule has 0 radical (unpaired) electrons. The molecule has 0 saturated heterocycles. The second-order valence-electron chi connectivity index (χ2n) is 3.60. The van der Waals surface area contributed by atoms with E-state index in [1.54, 1.807) is 0 Å². The van der Waals surface area contributed by atoms with Crippen LogP contribution in [-0.2, 0) is 16.0 Å². The number of halogens is 1. The van der Waals surface area contributed by atoms with Crippen molar-refractivity contribution < 1.29 is 9.59 Å². The molecule has 1 amide bonds. The van der Waals surface area contributed by atoms with E-state index >= 15 is 0 Å². The van der Waals surface area contributed by atoms with Crippen LogP contribution < -0.4 is 0 Å². The summed E-state index contributed by atoms with van der Waals surface area (Å²) in [4.78, 5) is 21.9. The lowest BCUT2D eigenvalue weighted by Crippen LogP contribution is -2.11. The summed E-state index contributed by atoms with van der Waals surface area (Å²) in [6.45, 7) is 0. The summed E-state index contributed by atoms with van der Waals surface area (Å²) in [7, 11) is 0. The molecule has 0 saturated carbocycles. The van der Waals surface area contributed by atoms with Crippen LogP contribution >= 0.6 is 11.6 Å². The number of amides is 1. The first kappa shape index (κ1) is 11.7. The number of carbonyl (C=O) groups excluding carboxylic acids is 2. The minimum absolute atomic E-state index is 0.509. The average Bonchev–Trinajstić information content (AvgIpc) is 2.32. The quantitative estimate of drug-likeness (QED) is 0.772. The van der Waals surface area contributed by atoms with Gasteiger partial charge in [-0.3, -0.25) is 9.59 Å². The molecule has 2 rings (SSSR count). The normalized spacial score (nSPS) is 15.0. The van der Waals surface area contributed by atoms with Crippen molar-refractivity contribution in [1.82, 2.24) is 0 Å². The molecule has 1 aliphatic heterocycles. The van der Waals surface area contributed by atoms with E-state index in [0.29, 0.717) is 23.6 Å². The first-order chi connectivity index (χ1) is 8.16. The second kappa shape index (κ2) is 5.01. The van der Waals surface area contributed by atoms with E-state index in [1.165, 1.54) is 6.08 Å². The van der Waals surface area contributed by atoms with E-state index in [4.69, 9.17) is 11.6 Å². The van der Waals surface area contributed by atoms with Crippen LogP contribution in [0.15, 0.2) is 46.3 Å². The molecule has 0 N–H and O–H groups in total. The Kier molecular flexibility index (Phi) is 3.44. The van der Waals surface area contributed by atoms with Gasteiger partial charge in [0.05, 0.1) is 5.70 Å². The van der Waals surface area contributed by atoms with Gasteiger partial charge in [0.15, 0.2) is 0 Å². The number of benzene rings is 1. The van der Waals surface area contributed by atoms with Gasteiger partial charge in [-0.25, -0.2) is 0 Å². The SMILES string of the molecule is O=C1C=C(CCc2ccccc2Cl)N=NC1=O. The smallest absolute Gasteiger partial charge is 0.284 e. The summed E-state index contributed by atoms with van der Waals surface area (Å²) in [6.07, 6.45) is 2.42. The highest BCUT2D eigenvalue weighted by molar-refractivity contribution is 6.41. The van der Waals surface area contributed by atoms with Gasteiger partial charge in [0, 0.05) is 11.1 Å². The number of rotatable bonds is 3. The molecule has 0 bridgehead atoms. The molecule has 1 aromatic carbocycles. The Bertz CT molecular complexity index is 535. The number of hydrogen-bond acceptors (Lipinski definition) is 3. The number of ketones is 1. The third-order valence-electron chi connectivity index (χ3n) is 2.39. The number of azo groups is 1. The molecule has 0 spiro atoms.